The van der Waals surface area contributed by atoms with E-state index in [1.165, 1.54) is 12.1 Å². The van der Waals surface area contributed by atoms with Gasteiger partial charge in [0, 0.05) is 5.56 Å². The van der Waals surface area contributed by atoms with E-state index in [2.05, 4.69) is 38.6 Å². The molecule has 28 heavy (non-hydrogen) atoms. The maximum Gasteiger partial charge on any atom is 0.241 e. The molecule has 0 saturated heterocycles. The quantitative estimate of drug-likeness (QED) is 0.513. The van der Waals surface area contributed by atoms with Crippen molar-refractivity contribution in [3.05, 3.63) is 66.2 Å². The van der Waals surface area contributed by atoms with Crippen molar-refractivity contribution >= 4 is 24.1 Å². The van der Waals surface area contributed by atoms with E-state index in [0.717, 1.165) is 0 Å². The number of carbonyl (C=O) groups excluding carboxylic acids is 1. The summed E-state index contributed by atoms with van der Waals surface area (Å²) in [7, 11) is -6.01. The van der Waals surface area contributed by atoms with Gasteiger partial charge < -0.3 is 4.43 Å². The summed E-state index contributed by atoms with van der Waals surface area (Å²) in [6.45, 7) is 10.4. The third kappa shape index (κ3) is 5.61. The van der Waals surface area contributed by atoms with Crippen molar-refractivity contribution in [1.29, 1.82) is 0 Å². The van der Waals surface area contributed by atoms with Crippen LogP contribution in [-0.2, 0) is 14.4 Å². The van der Waals surface area contributed by atoms with Gasteiger partial charge in [-0.2, -0.15) is 4.72 Å². The molecular formula is C21H29NO4SSi. The monoisotopic (exact) mass is 419 g/mol. The van der Waals surface area contributed by atoms with Gasteiger partial charge in [0.15, 0.2) is 14.1 Å². The van der Waals surface area contributed by atoms with Crippen LogP contribution in [0.3, 0.4) is 0 Å². The summed E-state index contributed by atoms with van der Waals surface area (Å²) in [6.07, 6.45) is 0. The summed E-state index contributed by atoms with van der Waals surface area (Å²) >= 11 is 0. The minimum Gasteiger partial charge on any atom is -0.415 e. The van der Waals surface area contributed by atoms with Crippen molar-refractivity contribution in [2.24, 2.45) is 0 Å². The Morgan fingerprint density at radius 2 is 1.50 bits per heavy atom. The summed E-state index contributed by atoms with van der Waals surface area (Å²) in [5.41, 5.74) is 0.446. The Morgan fingerprint density at radius 1 is 1.00 bits per heavy atom. The molecule has 0 amide bonds. The molecule has 2 rings (SSSR count). The third-order valence-electron chi connectivity index (χ3n) is 5.14. The van der Waals surface area contributed by atoms with Crippen LogP contribution in [0.2, 0.25) is 18.1 Å². The summed E-state index contributed by atoms with van der Waals surface area (Å²) in [6, 6.07) is 15.7. The van der Waals surface area contributed by atoms with Crippen molar-refractivity contribution in [2.45, 2.75) is 49.8 Å². The van der Waals surface area contributed by atoms with Crippen molar-refractivity contribution in [3.63, 3.8) is 0 Å². The van der Waals surface area contributed by atoms with Crippen LogP contribution in [0.4, 0.5) is 0 Å². The van der Waals surface area contributed by atoms with Crippen LogP contribution >= 0.6 is 0 Å². The first-order valence-corrected chi connectivity index (χ1v) is 13.6. The van der Waals surface area contributed by atoms with Crippen molar-refractivity contribution in [1.82, 2.24) is 4.72 Å². The van der Waals surface area contributed by atoms with Gasteiger partial charge >= 0.3 is 0 Å². The molecule has 7 heteroatoms. The van der Waals surface area contributed by atoms with E-state index in [1.54, 1.807) is 42.5 Å². The molecule has 1 atom stereocenters. The van der Waals surface area contributed by atoms with Crippen LogP contribution in [0.1, 0.15) is 31.1 Å². The number of ketones is 1. The maximum atomic E-state index is 13.0. The van der Waals surface area contributed by atoms with Gasteiger partial charge in [-0.25, -0.2) is 8.42 Å². The highest BCUT2D eigenvalue weighted by molar-refractivity contribution is 7.89. The van der Waals surface area contributed by atoms with E-state index >= 15 is 0 Å². The third-order valence-corrected chi connectivity index (χ3v) is 11.1. The van der Waals surface area contributed by atoms with Gasteiger partial charge in [0.2, 0.25) is 10.0 Å². The van der Waals surface area contributed by atoms with E-state index < -0.39 is 24.4 Å². The summed E-state index contributed by atoms with van der Waals surface area (Å²) in [4.78, 5) is 13.1. The summed E-state index contributed by atoms with van der Waals surface area (Å²) in [5.74, 6) is -0.307. The number of rotatable bonds is 8. The van der Waals surface area contributed by atoms with E-state index in [9.17, 15) is 13.2 Å². The highest BCUT2D eigenvalue weighted by Crippen LogP contribution is 2.36. The smallest absolute Gasteiger partial charge is 0.241 e. The zero-order chi connectivity index (χ0) is 21.0. The van der Waals surface area contributed by atoms with E-state index in [-0.39, 0.29) is 22.3 Å². The Bertz CT molecular complexity index is 891. The van der Waals surface area contributed by atoms with Crippen molar-refractivity contribution in [3.8, 4) is 0 Å². The molecule has 2 aromatic rings. The van der Waals surface area contributed by atoms with E-state index in [1.807, 2.05) is 6.07 Å². The predicted octanol–water partition coefficient (Wildman–Crippen LogP) is 4.24. The highest BCUT2D eigenvalue weighted by Gasteiger charge is 2.39. The molecule has 0 aliphatic heterocycles. The Morgan fingerprint density at radius 3 is 2.00 bits per heavy atom. The number of nitrogens with one attached hydrogen (secondary N) is 1. The van der Waals surface area contributed by atoms with Crippen LogP contribution in [0, 0.1) is 0 Å². The number of Topliss-reactive ketones (excluding diaryl/α,β-unsaturated/α-hetero) is 1. The lowest BCUT2D eigenvalue weighted by Gasteiger charge is -2.37. The predicted molar refractivity (Wildman–Crippen MR) is 114 cm³/mol. The van der Waals surface area contributed by atoms with Crippen LogP contribution < -0.4 is 4.72 Å². The molecule has 2 aromatic carbocycles. The first-order chi connectivity index (χ1) is 12.9. The van der Waals surface area contributed by atoms with Crippen LogP contribution in [0.5, 0.6) is 0 Å². The molecule has 5 nitrogen and oxygen atoms in total. The fourth-order valence-electron chi connectivity index (χ4n) is 2.33. The lowest BCUT2D eigenvalue weighted by Crippen LogP contribution is -2.49. The SMILES string of the molecule is CC(C)(C)[Si](C)(C)OC[C@H](NS(=O)(=O)c1ccccc1)C(=O)c1ccccc1. The molecule has 0 saturated carbocycles. The largest absolute Gasteiger partial charge is 0.415 e. The number of sulfonamides is 1. The zero-order valence-electron chi connectivity index (χ0n) is 17.1. The van der Waals surface area contributed by atoms with Crippen molar-refractivity contribution < 1.29 is 17.6 Å². The fraction of sp³-hybridized carbons (Fsp3) is 0.381. The number of benzene rings is 2. The second-order valence-electron chi connectivity index (χ2n) is 8.29. The van der Waals surface area contributed by atoms with Crippen LogP contribution in [0.25, 0.3) is 0 Å². The lowest BCUT2D eigenvalue weighted by molar-refractivity contribution is 0.0917. The van der Waals surface area contributed by atoms with E-state index in [0.29, 0.717) is 5.56 Å². The standard InChI is InChI=1S/C21H29NO4SSi/c1-21(2,3)28(4,5)26-16-19(20(23)17-12-8-6-9-13-17)22-27(24,25)18-14-10-7-11-15-18/h6-15,19,22H,16H2,1-5H3/t19-/m0/s1. The van der Waals surface area contributed by atoms with Crippen molar-refractivity contribution in [2.75, 3.05) is 6.61 Å². The first-order valence-electron chi connectivity index (χ1n) is 9.25. The van der Waals surface area contributed by atoms with Gasteiger partial charge in [-0.05, 0) is 30.3 Å². The summed E-state index contributed by atoms with van der Waals surface area (Å²) in [5, 5.41) is -0.0500. The first kappa shape index (κ1) is 22.5. The fourth-order valence-corrected chi connectivity index (χ4v) is 4.55. The molecule has 152 valence electrons. The molecule has 1 N–H and O–H groups in total. The van der Waals surface area contributed by atoms with Crippen LogP contribution in [0.15, 0.2) is 65.6 Å². The molecule has 0 aliphatic rings. The van der Waals surface area contributed by atoms with E-state index in [4.69, 9.17) is 4.43 Å². The van der Waals surface area contributed by atoms with Gasteiger partial charge in [-0.1, -0.05) is 69.3 Å². The molecule has 0 unspecified atom stereocenters. The Balaban J connectivity index is 2.30. The molecule has 0 spiro atoms. The minimum absolute atomic E-state index is 0.00369. The Labute approximate surface area is 169 Å². The van der Waals surface area contributed by atoms with Gasteiger partial charge in [0.05, 0.1) is 11.5 Å². The number of hydrogen-bond acceptors (Lipinski definition) is 4. The lowest BCUT2D eigenvalue weighted by atomic mass is 10.1. The molecule has 0 aromatic heterocycles. The molecule has 0 fully saturated rings. The molecule has 0 heterocycles. The summed E-state index contributed by atoms with van der Waals surface area (Å²) < 4.78 is 34.3. The van der Waals surface area contributed by atoms with Gasteiger partial charge in [-0.15, -0.1) is 0 Å². The molecule has 0 bridgehead atoms. The van der Waals surface area contributed by atoms with Gasteiger partial charge in [0.1, 0.15) is 6.04 Å². The number of hydrogen-bond donors (Lipinski definition) is 1. The molecule has 0 radical (unpaired) electrons. The Kier molecular flexibility index (Phi) is 6.98. The average Bonchev–Trinajstić information content (AvgIpc) is 2.65. The number of carbonyl (C=O) groups is 1. The van der Waals surface area contributed by atoms with Crippen LogP contribution in [-0.4, -0.2) is 35.2 Å². The normalized spacial score (nSPS) is 13.9. The Hall–Kier alpha value is -1.80. The maximum absolute atomic E-state index is 13.0. The second-order valence-corrected chi connectivity index (χ2v) is 14.8. The minimum atomic E-state index is -3.85. The van der Waals surface area contributed by atoms with Gasteiger partial charge in [-0.3, -0.25) is 4.79 Å². The second kappa shape index (κ2) is 8.69. The molecular weight excluding hydrogens is 390 g/mol. The highest BCUT2D eigenvalue weighted by atomic mass is 32.2. The average molecular weight is 420 g/mol. The molecule has 0 aliphatic carbocycles. The zero-order valence-corrected chi connectivity index (χ0v) is 18.9. The topological polar surface area (TPSA) is 72.5 Å². The van der Waals surface area contributed by atoms with Gasteiger partial charge in [0.25, 0.3) is 0 Å².